The van der Waals surface area contributed by atoms with Crippen molar-refractivity contribution in [3.05, 3.63) is 40.6 Å². The van der Waals surface area contributed by atoms with Gasteiger partial charge in [-0.25, -0.2) is 14.5 Å². The summed E-state index contributed by atoms with van der Waals surface area (Å²) in [5.41, 5.74) is 5.99. The molecule has 0 unspecified atom stereocenters. The summed E-state index contributed by atoms with van der Waals surface area (Å²) in [6.45, 7) is 0.573. The van der Waals surface area contributed by atoms with Crippen molar-refractivity contribution in [2.45, 2.75) is 12.8 Å². The van der Waals surface area contributed by atoms with Gasteiger partial charge in [-0.2, -0.15) is 5.10 Å². The zero-order valence-corrected chi connectivity index (χ0v) is 10.2. The van der Waals surface area contributed by atoms with Gasteiger partial charge in [-0.05, 0) is 37.2 Å². The highest BCUT2D eigenvalue weighted by Gasteiger charge is 2.09. The van der Waals surface area contributed by atoms with E-state index in [1.807, 2.05) is 24.3 Å². The molecule has 2 rings (SSSR count). The van der Waals surface area contributed by atoms with E-state index in [4.69, 9.17) is 10.5 Å². The monoisotopic (exact) mass is 248 g/mol. The van der Waals surface area contributed by atoms with Crippen molar-refractivity contribution in [3.63, 3.8) is 0 Å². The van der Waals surface area contributed by atoms with Gasteiger partial charge in [-0.15, -0.1) is 0 Å². The highest BCUT2D eigenvalue weighted by atomic mass is 16.5. The first kappa shape index (κ1) is 12.4. The molecule has 1 aromatic heterocycles. The summed E-state index contributed by atoms with van der Waals surface area (Å²) in [4.78, 5) is 11.7. The first-order valence-corrected chi connectivity index (χ1v) is 5.77. The molecule has 96 valence electrons. The van der Waals surface area contributed by atoms with Crippen LogP contribution in [-0.2, 0) is 6.42 Å². The zero-order valence-electron chi connectivity index (χ0n) is 10.2. The van der Waals surface area contributed by atoms with E-state index in [0.717, 1.165) is 17.9 Å². The number of hydrogen-bond acceptors (Lipinski definition) is 4. The first-order valence-electron chi connectivity index (χ1n) is 5.77. The summed E-state index contributed by atoms with van der Waals surface area (Å²) in [7, 11) is 1.60. The van der Waals surface area contributed by atoms with E-state index in [2.05, 4.69) is 10.2 Å². The van der Waals surface area contributed by atoms with Gasteiger partial charge >= 0.3 is 5.69 Å². The number of aromatic amines is 1. The van der Waals surface area contributed by atoms with Gasteiger partial charge in [0.15, 0.2) is 0 Å². The lowest BCUT2D eigenvalue weighted by Crippen LogP contribution is -2.17. The molecule has 0 radical (unpaired) electrons. The molecule has 18 heavy (non-hydrogen) atoms. The second kappa shape index (κ2) is 5.50. The number of rotatable bonds is 5. The lowest BCUT2D eigenvalue weighted by Gasteiger charge is -2.06. The number of aryl methyl sites for hydroxylation is 1. The number of hydrogen-bond donors (Lipinski definition) is 2. The fraction of sp³-hybridized carbons (Fsp3) is 0.333. The van der Waals surface area contributed by atoms with Crippen molar-refractivity contribution >= 4 is 0 Å². The van der Waals surface area contributed by atoms with Crippen LogP contribution >= 0.6 is 0 Å². The average Bonchev–Trinajstić information content (AvgIpc) is 2.77. The summed E-state index contributed by atoms with van der Waals surface area (Å²) in [6, 6.07) is 7.26. The number of H-pyrrole nitrogens is 1. The Morgan fingerprint density at radius 2 is 2.11 bits per heavy atom. The zero-order chi connectivity index (χ0) is 13.0. The smallest absolute Gasteiger partial charge is 0.347 e. The number of nitrogens with zero attached hydrogens (tertiary/aromatic N) is 2. The summed E-state index contributed by atoms with van der Waals surface area (Å²) < 4.78 is 6.64. The van der Waals surface area contributed by atoms with Gasteiger partial charge in [-0.1, -0.05) is 0 Å². The molecule has 0 aliphatic rings. The molecule has 1 aromatic carbocycles. The summed E-state index contributed by atoms with van der Waals surface area (Å²) in [5.74, 6) is 1.44. The van der Waals surface area contributed by atoms with Crippen LogP contribution in [0.1, 0.15) is 12.2 Å². The maximum atomic E-state index is 11.7. The molecule has 0 amide bonds. The van der Waals surface area contributed by atoms with Gasteiger partial charge in [0.25, 0.3) is 0 Å². The van der Waals surface area contributed by atoms with E-state index in [0.29, 0.717) is 18.8 Å². The minimum absolute atomic E-state index is 0.243. The molecule has 0 aliphatic heterocycles. The number of nitrogens with one attached hydrogen (secondary N) is 1. The highest BCUT2D eigenvalue weighted by Crippen LogP contribution is 2.14. The molecule has 3 N–H and O–H groups in total. The topological polar surface area (TPSA) is 85.9 Å². The molecule has 6 heteroatoms. The Morgan fingerprint density at radius 1 is 1.39 bits per heavy atom. The van der Waals surface area contributed by atoms with Crippen molar-refractivity contribution in [1.82, 2.24) is 14.8 Å². The van der Waals surface area contributed by atoms with Crippen molar-refractivity contribution < 1.29 is 4.74 Å². The van der Waals surface area contributed by atoms with Crippen LogP contribution in [0, 0.1) is 0 Å². The highest BCUT2D eigenvalue weighted by molar-refractivity contribution is 5.37. The Hall–Kier alpha value is -2.08. The van der Waals surface area contributed by atoms with E-state index in [1.165, 1.54) is 0 Å². The normalized spacial score (nSPS) is 10.6. The van der Waals surface area contributed by atoms with Crippen LogP contribution < -0.4 is 16.2 Å². The van der Waals surface area contributed by atoms with Crippen LogP contribution in [0.15, 0.2) is 29.1 Å². The lowest BCUT2D eigenvalue weighted by atomic mass is 10.2. The number of aromatic nitrogens is 3. The van der Waals surface area contributed by atoms with Gasteiger partial charge in [0.2, 0.25) is 0 Å². The molecule has 0 bridgehead atoms. The minimum Gasteiger partial charge on any atom is -0.497 e. The molecule has 0 spiro atoms. The summed E-state index contributed by atoms with van der Waals surface area (Å²) in [6.07, 6.45) is 1.46. The number of methoxy groups -OCH3 is 1. The van der Waals surface area contributed by atoms with Crippen molar-refractivity contribution in [2.24, 2.45) is 5.73 Å². The predicted molar refractivity (Wildman–Crippen MR) is 68.1 cm³/mol. The van der Waals surface area contributed by atoms with Gasteiger partial charge in [0.05, 0.1) is 12.8 Å². The largest absolute Gasteiger partial charge is 0.497 e. The van der Waals surface area contributed by atoms with Gasteiger partial charge in [0, 0.05) is 6.42 Å². The van der Waals surface area contributed by atoms with E-state index in [1.54, 1.807) is 11.7 Å². The Labute approximate surface area is 104 Å². The third-order valence-corrected chi connectivity index (χ3v) is 2.68. The van der Waals surface area contributed by atoms with E-state index in [-0.39, 0.29) is 5.69 Å². The Balaban J connectivity index is 2.36. The van der Waals surface area contributed by atoms with E-state index >= 15 is 0 Å². The number of ether oxygens (including phenoxy) is 1. The Kier molecular flexibility index (Phi) is 3.78. The standard InChI is InChI=1S/C12H16N4O2/c1-18-10-6-4-9(5-7-10)16-11(3-2-8-13)14-15-12(16)17/h4-7H,2-3,8,13H2,1H3,(H,15,17). The van der Waals surface area contributed by atoms with Crippen LogP contribution in [0.4, 0.5) is 0 Å². The Morgan fingerprint density at radius 3 is 2.72 bits per heavy atom. The third-order valence-electron chi connectivity index (χ3n) is 2.68. The molecular weight excluding hydrogens is 232 g/mol. The third kappa shape index (κ3) is 2.43. The Bertz CT molecular complexity index is 556. The average molecular weight is 248 g/mol. The molecule has 0 fully saturated rings. The second-order valence-electron chi connectivity index (χ2n) is 3.87. The molecule has 0 saturated carbocycles. The maximum absolute atomic E-state index is 11.7. The minimum atomic E-state index is -0.243. The van der Waals surface area contributed by atoms with Crippen LogP contribution in [0.25, 0.3) is 5.69 Å². The van der Waals surface area contributed by atoms with E-state index < -0.39 is 0 Å². The van der Waals surface area contributed by atoms with Gasteiger partial charge < -0.3 is 10.5 Å². The van der Waals surface area contributed by atoms with Crippen LogP contribution in [-0.4, -0.2) is 28.4 Å². The van der Waals surface area contributed by atoms with E-state index in [9.17, 15) is 4.79 Å². The molecular formula is C12H16N4O2. The fourth-order valence-corrected chi connectivity index (χ4v) is 1.76. The SMILES string of the molecule is COc1ccc(-n2c(CCCN)n[nH]c2=O)cc1. The quantitative estimate of drug-likeness (QED) is 0.805. The molecule has 0 saturated heterocycles. The lowest BCUT2D eigenvalue weighted by molar-refractivity contribution is 0.414. The van der Waals surface area contributed by atoms with Crippen LogP contribution in [0.5, 0.6) is 5.75 Å². The maximum Gasteiger partial charge on any atom is 0.347 e. The first-order chi connectivity index (χ1) is 8.76. The fourth-order valence-electron chi connectivity index (χ4n) is 1.76. The summed E-state index contributed by atoms with van der Waals surface area (Å²) >= 11 is 0. The second-order valence-corrected chi connectivity index (χ2v) is 3.87. The molecule has 0 aliphatic carbocycles. The molecule has 1 heterocycles. The number of nitrogens with two attached hydrogens (primary N) is 1. The van der Waals surface area contributed by atoms with Crippen molar-refractivity contribution in [3.8, 4) is 11.4 Å². The van der Waals surface area contributed by atoms with Gasteiger partial charge in [-0.3, -0.25) is 0 Å². The molecule has 0 atom stereocenters. The van der Waals surface area contributed by atoms with Crippen molar-refractivity contribution in [1.29, 1.82) is 0 Å². The summed E-state index contributed by atoms with van der Waals surface area (Å²) in [5, 5.41) is 6.47. The molecule has 2 aromatic rings. The van der Waals surface area contributed by atoms with Crippen molar-refractivity contribution in [2.75, 3.05) is 13.7 Å². The van der Waals surface area contributed by atoms with Gasteiger partial charge in [0.1, 0.15) is 11.6 Å². The van der Waals surface area contributed by atoms with Crippen LogP contribution in [0.3, 0.4) is 0 Å². The van der Waals surface area contributed by atoms with Crippen LogP contribution in [0.2, 0.25) is 0 Å². The predicted octanol–water partition coefficient (Wildman–Crippen LogP) is 0.460. The number of benzene rings is 1. The molecule has 6 nitrogen and oxygen atoms in total.